The summed E-state index contributed by atoms with van der Waals surface area (Å²) in [6, 6.07) is 20.5. The summed E-state index contributed by atoms with van der Waals surface area (Å²) in [6.45, 7) is 3.87. The van der Waals surface area contributed by atoms with E-state index in [0.29, 0.717) is 65.7 Å². The Hall–Kier alpha value is -6.70. The smallest absolute Gasteiger partial charge is 0.317 e. The number of hydrogen-bond donors (Lipinski definition) is 6. The molecule has 1 aromatic heterocycles. The van der Waals surface area contributed by atoms with Crippen LogP contribution in [0.4, 0.5) is 33.6 Å². The minimum absolute atomic E-state index is 0.0172. The number of piperidine rings is 1. The summed E-state index contributed by atoms with van der Waals surface area (Å²) in [4.78, 5) is 76.8. The third kappa shape index (κ3) is 9.75. The molecule has 6 amide bonds. The number of imide groups is 1. The van der Waals surface area contributed by atoms with Gasteiger partial charge < -0.3 is 41.3 Å². The van der Waals surface area contributed by atoms with Gasteiger partial charge in [-0.1, -0.05) is 35.6 Å². The molecular weight excluding hydrogens is 810 g/mol. The first-order valence-electron chi connectivity index (χ1n) is 20.9. The van der Waals surface area contributed by atoms with Crippen LogP contribution in [0.15, 0.2) is 72.9 Å². The van der Waals surface area contributed by atoms with Crippen LogP contribution in [0.5, 0.6) is 0 Å². The highest BCUT2D eigenvalue weighted by atomic mass is 35.5. The summed E-state index contributed by atoms with van der Waals surface area (Å²) in [5, 5.41) is 18.4. The third-order valence-electron chi connectivity index (χ3n) is 11.6. The molecule has 62 heavy (non-hydrogen) atoms. The van der Waals surface area contributed by atoms with E-state index in [4.69, 9.17) is 11.6 Å². The molecule has 3 aromatic carbocycles. The number of amides is 6. The van der Waals surface area contributed by atoms with Gasteiger partial charge in [0.25, 0.3) is 11.8 Å². The zero-order valence-corrected chi connectivity index (χ0v) is 35.1. The van der Waals surface area contributed by atoms with Gasteiger partial charge >= 0.3 is 6.03 Å². The van der Waals surface area contributed by atoms with Crippen LogP contribution in [0, 0.1) is 11.8 Å². The Labute approximate surface area is 364 Å². The SMILES string of the molecule is CNC(=O)c1ccccc1Nc1nc(Nc2ccc(N3CCN(C(=O)NC4CC(NCCCC#Cc5ccc6c(c5)CN(C5CCC(=O)NC5=O)C6=O)C4)CC3)cc2)ncc1Cl. The molecule has 0 bridgehead atoms. The first-order chi connectivity index (χ1) is 30.1. The van der Waals surface area contributed by atoms with Gasteiger partial charge in [-0.15, -0.1) is 0 Å². The fraction of sp³-hybridized carbons (Fsp3) is 0.356. The van der Waals surface area contributed by atoms with E-state index in [1.54, 1.807) is 36.2 Å². The van der Waals surface area contributed by atoms with Crippen molar-refractivity contribution in [3.05, 3.63) is 100 Å². The lowest BCUT2D eigenvalue weighted by molar-refractivity contribution is -0.136. The molecule has 320 valence electrons. The molecule has 4 aromatic rings. The number of rotatable bonds is 12. The highest BCUT2D eigenvalue weighted by Crippen LogP contribution is 2.30. The lowest BCUT2D eigenvalue weighted by Gasteiger charge is -2.40. The number of carbonyl (C=O) groups excluding carboxylic acids is 5. The molecule has 1 unspecified atom stereocenters. The average Bonchev–Trinajstić information content (AvgIpc) is 3.59. The number of aromatic nitrogens is 2. The van der Waals surface area contributed by atoms with Crippen LogP contribution in [0.1, 0.15) is 70.4 Å². The monoisotopic (exact) mass is 857 g/mol. The Bertz CT molecular complexity index is 2420. The zero-order valence-electron chi connectivity index (χ0n) is 34.3. The Morgan fingerprint density at radius 1 is 0.952 bits per heavy atom. The lowest BCUT2D eigenvalue weighted by atomic mass is 9.86. The number of fused-ring (bicyclic) bond motifs is 1. The van der Waals surface area contributed by atoms with Crippen LogP contribution in [0.25, 0.3) is 0 Å². The molecule has 16 nitrogen and oxygen atoms in total. The Morgan fingerprint density at radius 2 is 1.74 bits per heavy atom. The summed E-state index contributed by atoms with van der Waals surface area (Å²) in [5.41, 5.74) is 5.14. The number of piperazine rings is 1. The average molecular weight is 858 g/mol. The van der Waals surface area contributed by atoms with Crippen molar-refractivity contribution in [1.29, 1.82) is 0 Å². The molecule has 3 fully saturated rings. The van der Waals surface area contributed by atoms with Gasteiger partial charge in [0, 0.05) is 87.2 Å². The normalized spacial score (nSPS) is 19.4. The molecule has 4 aliphatic rings. The molecule has 4 heterocycles. The molecule has 1 atom stereocenters. The molecular formula is C45H48ClN11O5. The van der Waals surface area contributed by atoms with Crippen molar-refractivity contribution in [3.63, 3.8) is 0 Å². The predicted molar refractivity (Wildman–Crippen MR) is 236 cm³/mol. The lowest BCUT2D eigenvalue weighted by Crippen LogP contribution is -2.58. The van der Waals surface area contributed by atoms with Gasteiger partial charge in [0.15, 0.2) is 5.82 Å². The first-order valence-corrected chi connectivity index (χ1v) is 21.3. The van der Waals surface area contributed by atoms with Gasteiger partial charge in [-0.25, -0.2) is 9.78 Å². The van der Waals surface area contributed by atoms with Gasteiger partial charge in [-0.3, -0.25) is 24.5 Å². The molecule has 3 aliphatic heterocycles. The van der Waals surface area contributed by atoms with Crippen LogP contribution in [0.3, 0.4) is 0 Å². The minimum atomic E-state index is -0.630. The molecule has 17 heteroatoms. The van der Waals surface area contributed by atoms with Gasteiger partial charge in [-0.2, -0.15) is 4.98 Å². The molecule has 0 radical (unpaired) electrons. The Kier molecular flexibility index (Phi) is 12.8. The Morgan fingerprint density at radius 3 is 2.52 bits per heavy atom. The first kappa shape index (κ1) is 42.0. The maximum absolute atomic E-state index is 13.1. The number of hydrogen-bond acceptors (Lipinski definition) is 11. The molecule has 0 spiro atoms. The van der Waals surface area contributed by atoms with Gasteiger partial charge in [0.1, 0.15) is 11.1 Å². The number of benzene rings is 3. The molecule has 1 saturated carbocycles. The number of carbonyl (C=O) groups is 5. The standard InChI is InChI=1S/C45H48ClN11O5/c1-47-41(59)35-8-4-5-9-37(35)52-40-36(46)26-49-44(54-40)50-30-11-13-33(14-12-30)55-19-21-56(22-20-55)45(62)51-32-24-31(25-32)48-18-6-2-3-7-28-10-15-34-29(23-28)27-57(43(34)61)38-16-17-39(58)53-42(38)60/h4-5,8-15,23,26,31-32,38,48H,2,6,16-22,24-25,27H2,1H3,(H,47,59)(H,51,62)(H,53,58,60)(H2,49,50,52,54). The number of anilines is 5. The maximum Gasteiger partial charge on any atom is 0.317 e. The van der Waals surface area contributed by atoms with Crippen LogP contribution in [0.2, 0.25) is 5.02 Å². The minimum Gasteiger partial charge on any atom is -0.368 e. The number of para-hydroxylation sites is 1. The maximum atomic E-state index is 13.1. The number of unbranched alkanes of at least 4 members (excludes halogenated alkanes) is 1. The van der Waals surface area contributed by atoms with Crippen molar-refractivity contribution < 1.29 is 24.0 Å². The van der Waals surface area contributed by atoms with E-state index in [0.717, 1.165) is 67.8 Å². The highest BCUT2D eigenvalue weighted by molar-refractivity contribution is 6.33. The van der Waals surface area contributed by atoms with Crippen molar-refractivity contribution in [2.45, 2.75) is 63.2 Å². The predicted octanol–water partition coefficient (Wildman–Crippen LogP) is 4.52. The molecule has 8 rings (SSSR count). The van der Waals surface area contributed by atoms with Crippen LogP contribution in [-0.4, -0.2) is 107 Å². The Balaban J connectivity index is 0.712. The van der Waals surface area contributed by atoms with E-state index >= 15 is 0 Å². The number of nitrogens with zero attached hydrogens (tertiary/aromatic N) is 5. The second-order valence-electron chi connectivity index (χ2n) is 15.7. The van der Waals surface area contributed by atoms with Crippen LogP contribution in [-0.2, 0) is 16.1 Å². The third-order valence-corrected chi connectivity index (χ3v) is 11.9. The second kappa shape index (κ2) is 18.9. The van der Waals surface area contributed by atoms with E-state index in [1.807, 2.05) is 47.4 Å². The molecule has 2 saturated heterocycles. The van der Waals surface area contributed by atoms with Crippen molar-refractivity contribution in [2.75, 3.05) is 55.3 Å². The van der Waals surface area contributed by atoms with E-state index in [-0.39, 0.29) is 36.2 Å². The van der Waals surface area contributed by atoms with Crippen molar-refractivity contribution >= 4 is 70.1 Å². The zero-order chi connectivity index (χ0) is 43.2. The summed E-state index contributed by atoms with van der Waals surface area (Å²) in [7, 11) is 1.58. The molecule has 1 aliphatic carbocycles. The molecule has 6 N–H and O–H groups in total. The second-order valence-corrected chi connectivity index (χ2v) is 16.1. The number of halogens is 1. The number of nitrogens with one attached hydrogen (secondary N) is 6. The summed E-state index contributed by atoms with van der Waals surface area (Å²) < 4.78 is 0. The summed E-state index contributed by atoms with van der Waals surface area (Å²) in [5.74, 6) is 6.01. The van der Waals surface area contributed by atoms with E-state index < -0.39 is 11.9 Å². The van der Waals surface area contributed by atoms with E-state index in [9.17, 15) is 24.0 Å². The summed E-state index contributed by atoms with van der Waals surface area (Å²) >= 11 is 6.39. The van der Waals surface area contributed by atoms with Crippen LogP contribution >= 0.6 is 11.6 Å². The highest BCUT2D eigenvalue weighted by Gasteiger charge is 2.39. The van der Waals surface area contributed by atoms with E-state index in [2.05, 4.69) is 58.6 Å². The summed E-state index contributed by atoms with van der Waals surface area (Å²) in [6.07, 6.45) is 5.47. The van der Waals surface area contributed by atoms with Crippen LogP contribution < -0.4 is 36.8 Å². The quantitative estimate of drug-likeness (QED) is 0.0667. The largest absolute Gasteiger partial charge is 0.368 e. The van der Waals surface area contributed by atoms with Gasteiger partial charge in [0.2, 0.25) is 17.8 Å². The fourth-order valence-corrected chi connectivity index (χ4v) is 8.23. The van der Waals surface area contributed by atoms with Gasteiger partial charge in [0.05, 0.1) is 17.4 Å². The van der Waals surface area contributed by atoms with E-state index in [1.165, 1.54) is 6.20 Å². The van der Waals surface area contributed by atoms with Gasteiger partial charge in [-0.05, 0) is 92.4 Å². The van der Waals surface area contributed by atoms with Crippen molar-refractivity contribution in [2.24, 2.45) is 0 Å². The fourth-order valence-electron chi connectivity index (χ4n) is 8.09. The number of urea groups is 1. The van der Waals surface area contributed by atoms with Crippen molar-refractivity contribution in [3.8, 4) is 11.8 Å². The topological polar surface area (TPSA) is 193 Å². The van der Waals surface area contributed by atoms with Crippen molar-refractivity contribution in [1.82, 2.24) is 41.0 Å².